The molecule has 0 spiro atoms. The average Bonchev–Trinajstić information content (AvgIpc) is 3.10. The van der Waals surface area contributed by atoms with Crippen LogP contribution >= 0.6 is 0 Å². The molecule has 1 heterocycles. The highest BCUT2D eigenvalue weighted by Gasteiger charge is 2.11. The van der Waals surface area contributed by atoms with Gasteiger partial charge in [-0.2, -0.15) is 5.26 Å². The highest BCUT2D eigenvalue weighted by Crippen LogP contribution is 2.29. The lowest BCUT2D eigenvalue weighted by Crippen LogP contribution is -1.88. The molecule has 0 unspecified atom stereocenters. The minimum Gasteiger partial charge on any atom is -0.497 e. The molecule has 0 amide bonds. The van der Waals surface area contributed by atoms with Gasteiger partial charge in [0.25, 0.3) is 5.69 Å². The summed E-state index contributed by atoms with van der Waals surface area (Å²) in [6, 6.07) is 13.9. The number of non-ortho nitro benzene ring substituents is 1. The van der Waals surface area contributed by atoms with Crippen molar-refractivity contribution in [3.63, 3.8) is 0 Å². The lowest BCUT2D eigenvalue weighted by atomic mass is 10.0. The Kier molecular flexibility index (Phi) is 6.12. The zero-order chi connectivity index (χ0) is 19.1. The molecular weight excluding hydrogens is 330 g/mol. The van der Waals surface area contributed by atoms with E-state index in [2.05, 4.69) is 11.1 Å². The summed E-state index contributed by atoms with van der Waals surface area (Å²) in [7, 11) is 1.58. The largest absolute Gasteiger partial charge is 0.497 e. The molecule has 3 rings (SSSR count). The van der Waals surface area contributed by atoms with Gasteiger partial charge in [0.05, 0.1) is 23.7 Å². The van der Waals surface area contributed by atoms with Crippen molar-refractivity contribution in [2.45, 2.75) is 13.8 Å². The van der Waals surface area contributed by atoms with Crippen molar-refractivity contribution in [3.05, 3.63) is 69.9 Å². The fourth-order valence-corrected chi connectivity index (χ4v) is 2.51. The molecule has 26 heavy (non-hydrogen) atoms. The number of H-pyrrole nitrogens is 1. The highest BCUT2D eigenvalue weighted by molar-refractivity contribution is 6.01. The Morgan fingerprint density at radius 3 is 2.69 bits per heavy atom. The quantitative estimate of drug-likeness (QED) is 0.399. The molecule has 132 valence electrons. The average molecular weight is 349 g/mol. The van der Waals surface area contributed by atoms with Crippen LogP contribution in [0.2, 0.25) is 0 Å². The zero-order valence-corrected chi connectivity index (χ0v) is 14.8. The topological polar surface area (TPSA) is 92.0 Å². The van der Waals surface area contributed by atoms with E-state index in [-0.39, 0.29) is 5.69 Å². The predicted octanol–water partition coefficient (Wildman–Crippen LogP) is 5.18. The van der Waals surface area contributed by atoms with Crippen LogP contribution in [0.25, 0.3) is 22.6 Å². The number of nitro groups is 1. The summed E-state index contributed by atoms with van der Waals surface area (Å²) < 4.78 is 5.23. The Morgan fingerprint density at radius 2 is 2.04 bits per heavy atom. The SMILES string of the molecule is CC.COc1ccc2[nH]cc(/C(C#N)=C/c3cccc([N+](=O)[O-])c3)c2c1. The second-order valence-electron chi connectivity index (χ2n) is 5.14. The number of allylic oxidation sites excluding steroid dienone is 1. The molecule has 0 aliphatic heterocycles. The van der Waals surface area contributed by atoms with Crippen molar-refractivity contribution in [1.82, 2.24) is 4.98 Å². The summed E-state index contributed by atoms with van der Waals surface area (Å²) in [5.74, 6) is 0.691. The summed E-state index contributed by atoms with van der Waals surface area (Å²) >= 11 is 0. The molecule has 0 bridgehead atoms. The third-order valence-corrected chi connectivity index (χ3v) is 3.69. The van der Waals surface area contributed by atoms with Gasteiger partial charge in [-0.25, -0.2) is 0 Å². The van der Waals surface area contributed by atoms with Crippen LogP contribution < -0.4 is 4.74 Å². The van der Waals surface area contributed by atoms with Crippen LogP contribution in [0.3, 0.4) is 0 Å². The number of methoxy groups -OCH3 is 1. The number of nitrogens with one attached hydrogen (secondary N) is 1. The molecular formula is C20H19N3O3. The maximum absolute atomic E-state index is 10.9. The summed E-state index contributed by atoms with van der Waals surface area (Å²) in [5.41, 5.74) is 2.60. The van der Waals surface area contributed by atoms with Crippen LogP contribution in [0.4, 0.5) is 5.69 Å². The maximum Gasteiger partial charge on any atom is 0.270 e. The molecule has 3 aromatic rings. The van der Waals surface area contributed by atoms with Crippen molar-refractivity contribution >= 4 is 28.2 Å². The molecule has 0 atom stereocenters. The van der Waals surface area contributed by atoms with E-state index in [0.717, 1.165) is 16.5 Å². The van der Waals surface area contributed by atoms with E-state index in [0.29, 0.717) is 16.9 Å². The van der Waals surface area contributed by atoms with E-state index in [1.54, 1.807) is 31.5 Å². The van der Waals surface area contributed by atoms with Gasteiger partial charge in [0, 0.05) is 34.8 Å². The Balaban J connectivity index is 0.00000117. The Labute approximate surface area is 151 Å². The minimum atomic E-state index is -0.458. The summed E-state index contributed by atoms with van der Waals surface area (Å²) in [6.45, 7) is 4.00. The lowest BCUT2D eigenvalue weighted by molar-refractivity contribution is -0.384. The molecule has 6 nitrogen and oxygen atoms in total. The second-order valence-corrected chi connectivity index (χ2v) is 5.14. The number of aromatic amines is 1. The van der Waals surface area contributed by atoms with Gasteiger partial charge in [0.1, 0.15) is 5.75 Å². The molecule has 0 saturated heterocycles. The predicted molar refractivity (Wildman–Crippen MR) is 103 cm³/mol. The van der Waals surface area contributed by atoms with Gasteiger partial charge in [0.2, 0.25) is 0 Å². The molecule has 1 aromatic heterocycles. The van der Waals surface area contributed by atoms with Crippen LogP contribution in [0.5, 0.6) is 5.75 Å². The fourth-order valence-electron chi connectivity index (χ4n) is 2.51. The monoisotopic (exact) mass is 349 g/mol. The molecule has 0 radical (unpaired) electrons. The molecule has 1 N–H and O–H groups in total. The number of hydrogen-bond donors (Lipinski definition) is 1. The Hall–Kier alpha value is -3.59. The minimum absolute atomic E-state index is 0.0124. The third-order valence-electron chi connectivity index (χ3n) is 3.69. The number of rotatable bonds is 4. The Morgan fingerprint density at radius 1 is 1.27 bits per heavy atom. The number of fused-ring (bicyclic) bond motifs is 1. The normalized spacial score (nSPS) is 10.6. The van der Waals surface area contributed by atoms with Crippen molar-refractivity contribution in [3.8, 4) is 11.8 Å². The summed E-state index contributed by atoms with van der Waals surface area (Å²) in [4.78, 5) is 13.5. The maximum atomic E-state index is 10.9. The van der Waals surface area contributed by atoms with Gasteiger partial charge in [-0.3, -0.25) is 10.1 Å². The number of nitriles is 1. The van der Waals surface area contributed by atoms with Crippen molar-refractivity contribution in [2.75, 3.05) is 7.11 Å². The second kappa shape index (κ2) is 8.49. The van der Waals surface area contributed by atoms with Gasteiger partial charge in [-0.05, 0) is 29.8 Å². The smallest absolute Gasteiger partial charge is 0.270 e. The molecule has 6 heteroatoms. The van der Waals surface area contributed by atoms with Crippen LogP contribution in [-0.2, 0) is 0 Å². The van der Waals surface area contributed by atoms with Gasteiger partial charge in [-0.1, -0.05) is 26.0 Å². The van der Waals surface area contributed by atoms with Crippen LogP contribution in [0.1, 0.15) is 25.0 Å². The first-order chi connectivity index (χ1) is 12.6. The molecule has 2 aromatic carbocycles. The standard InChI is InChI=1S/C18H13N3O3.C2H6/c1-24-15-5-6-18-16(9-15)17(11-20-18)13(10-19)7-12-3-2-4-14(8-12)21(22)23;1-2/h2-9,11,20H,1H3;1-2H3/b13-7+;. The van der Waals surface area contributed by atoms with Gasteiger partial charge >= 0.3 is 0 Å². The van der Waals surface area contributed by atoms with Gasteiger partial charge in [-0.15, -0.1) is 0 Å². The highest BCUT2D eigenvalue weighted by atomic mass is 16.6. The van der Waals surface area contributed by atoms with Crippen LogP contribution in [0, 0.1) is 21.4 Å². The van der Waals surface area contributed by atoms with E-state index in [9.17, 15) is 15.4 Å². The third kappa shape index (κ3) is 3.90. The van der Waals surface area contributed by atoms with Crippen LogP contribution in [0.15, 0.2) is 48.7 Å². The van der Waals surface area contributed by atoms with Crippen molar-refractivity contribution in [2.24, 2.45) is 0 Å². The van der Waals surface area contributed by atoms with E-state index in [1.165, 1.54) is 12.1 Å². The number of nitrogens with zero attached hydrogens (tertiary/aromatic N) is 2. The van der Waals surface area contributed by atoms with E-state index < -0.39 is 4.92 Å². The number of ether oxygens (including phenoxy) is 1. The first-order valence-corrected chi connectivity index (χ1v) is 8.14. The number of aromatic nitrogens is 1. The number of nitro benzene ring substituents is 1. The van der Waals surface area contributed by atoms with Gasteiger partial charge < -0.3 is 9.72 Å². The zero-order valence-electron chi connectivity index (χ0n) is 14.8. The lowest BCUT2D eigenvalue weighted by Gasteiger charge is -2.02. The number of hydrogen-bond acceptors (Lipinski definition) is 4. The first-order valence-electron chi connectivity index (χ1n) is 8.14. The van der Waals surface area contributed by atoms with Gasteiger partial charge in [0.15, 0.2) is 0 Å². The molecule has 0 saturated carbocycles. The van der Waals surface area contributed by atoms with Crippen LogP contribution in [-0.4, -0.2) is 17.0 Å². The fraction of sp³-hybridized carbons (Fsp3) is 0.150. The van der Waals surface area contributed by atoms with E-state index in [4.69, 9.17) is 4.74 Å². The number of benzene rings is 2. The van der Waals surface area contributed by atoms with E-state index >= 15 is 0 Å². The van der Waals surface area contributed by atoms with E-state index in [1.807, 2.05) is 32.0 Å². The summed E-state index contributed by atoms with van der Waals surface area (Å²) in [5, 5.41) is 21.3. The molecule has 0 aliphatic rings. The Bertz CT molecular complexity index is 997. The van der Waals surface area contributed by atoms with Crippen molar-refractivity contribution < 1.29 is 9.66 Å². The molecule has 0 fully saturated rings. The summed E-state index contributed by atoms with van der Waals surface area (Å²) in [6.07, 6.45) is 3.38. The molecule has 0 aliphatic carbocycles. The van der Waals surface area contributed by atoms with Crippen molar-refractivity contribution in [1.29, 1.82) is 5.26 Å². The first kappa shape index (κ1) is 18.7.